The van der Waals surface area contributed by atoms with Crippen LogP contribution in [0, 0.1) is 5.92 Å². The van der Waals surface area contributed by atoms with Crippen molar-refractivity contribution in [1.82, 2.24) is 5.43 Å². The van der Waals surface area contributed by atoms with Crippen molar-refractivity contribution in [2.45, 2.75) is 45.8 Å². The Kier molecular flexibility index (Phi) is 6.33. The van der Waals surface area contributed by atoms with Crippen molar-refractivity contribution in [1.29, 1.82) is 0 Å². The van der Waals surface area contributed by atoms with Crippen LogP contribution in [-0.4, -0.2) is 13.2 Å². The normalized spacial score (nSPS) is 14.8. The maximum atomic E-state index is 5.68. The molecule has 0 aromatic heterocycles. The Balaban J connectivity index is 2.91. The van der Waals surface area contributed by atoms with E-state index in [2.05, 4.69) is 50.5 Å². The zero-order valence-electron chi connectivity index (χ0n) is 11.9. The molecule has 0 aliphatic carbocycles. The molecular formula is C15H26N2O. The molecule has 0 heterocycles. The summed E-state index contributed by atoms with van der Waals surface area (Å²) in [7, 11) is 1.73. The Morgan fingerprint density at radius 2 is 2.06 bits per heavy atom. The van der Waals surface area contributed by atoms with E-state index >= 15 is 0 Å². The third-order valence-corrected chi connectivity index (χ3v) is 3.21. The molecule has 0 aliphatic rings. The fraction of sp³-hybridized carbons (Fsp3) is 0.600. The van der Waals surface area contributed by atoms with Gasteiger partial charge in [-0.1, -0.05) is 45.0 Å². The summed E-state index contributed by atoms with van der Waals surface area (Å²) < 4.78 is 5.49. The van der Waals surface area contributed by atoms with Gasteiger partial charge in [0.2, 0.25) is 0 Å². The number of rotatable bonds is 7. The average molecular weight is 250 g/mol. The molecule has 0 spiro atoms. The fourth-order valence-corrected chi connectivity index (χ4v) is 2.34. The van der Waals surface area contributed by atoms with E-state index in [-0.39, 0.29) is 12.1 Å². The van der Waals surface area contributed by atoms with Crippen LogP contribution in [0.5, 0.6) is 0 Å². The molecule has 1 aromatic rings. The van der Waals surface area contributed by atoms with Crippen LogP contribution in [0.4, 0.5) is 0 Å². The van der Waals surface area contributed by atoms with E-state index in [0.717, 1.165) is 12.8 Å². The maximum Gasteiger partial charge on any atom is 0.0776 e. The van der Waals surface area contributed by atoms with Crippen molar-refractivity contribution in [3.63, 3.8) is 0 Å². The van der Waals surface area contributed by atoms with Gasteiger partial charge in [0.25, 0.3) is 0 Å². The number of hydrazine groups is 1. The molecule has 3 heteroatoms. The van der Waals surface area contributed by atoms with Crippen molar-refractivity contribution in [2.24, 2.45) is 11.8 Å². The summed E-state index contributed by atoms with van der Waals surface area (Å²) in [6.07, 6.45) is 2.12. The van der Waals surface area contributed by atoms with Gasteiger partial charge in [-0.05, 0) is 29.9 Å². The van der Waals surface area contributed by atoms with Gasteiger partial charge in [-0.15, -0.1) is 0 Å². The highest BCUT2D eigenvalue weighted by atomic mass is 16.5. The Hall–Kier alpha value is -0.900. The molecular weight excluding hydrogens is 224 g/mol. The Labute approximate surface area is 111 Å². The zero-order valence-corrected chi connectivity index (χ0v) is 11.9. The first-order valence-electron chi connectivity index (χ1n) is 6.70. The van der Waals surface area contributed by atoms with E-state index in [1.54, 1.807) is 7.11 Å². The standard InChI is InChI=1S/C15H26N2O/c1-5-14(18-4)15(17-16)13-8-6-7-12(10-13)9-11(2)3/h6-8,10-11,14-15,17H,5,9,16H2,1-4H3. The molecule has 3 N–H and O–H groups in total. The topological polar surface area (TPSA) is 47.3 Å². The second-order valence-electron chi connectivity index (χ2n) is 5.17. The van der Waals surface area contributed by atoms with E-state index in [0.29, 0.717) is 5.92 Å². The van der Waals surface area contributed by atoms with Crippen LogP contribution in [0.2, 0.25) is 0 Å². The number of methoxy groups -OCH3 is 1. The molecule has 0 fully saturated rings. The van der Waals surface area contributed by atoms with Gasteiger partial charge in [0.15, 0.2) is 0 Å². The van der Waals surface area contributed by atoms with Crippen molar-refractivity contribution >= 4 is 0 Å². The molecule has 1 rings (SSSR count). The summed E-state index contributed by atoms with van der Waals surface area (Å²) in [6, 6.07) is 8.65. The second kappa shape index (κ2) is 7.52. The molecule has 0 saturated carbocycles. The lowest BCUT2D eigenvalue weighted by molar-refractivity contribution is 0.0651. The summed E-state index contributed by atoms with van der Waals surface area (Å²) in [5, 5.41) is 0. The van der Waals surface area contributed by atoms with Crippen LogP contribution in [-0.2, 0) is 11.2 Å². The van der Waals surface area contributed by atoms with E-state index in [4.69, 9.17) is 10.6 Å². The van der Waals surface area contributed by atoms with E-state index in [1.165, 1.54) is 11.1 Å². The van der Waals surface area contributed by atoms with Crippen LogP contribution in [0.3, 0.4) is 0 Å². The van der Waals surface area contributed by atoms with Gasteiger partial charge in [0.1, 0.15) is 0 Å². The number of benzene rings is 1. The van der Waals surface area contributed by atoms with Gasteiger partial charge >= 0.3 is 0 Å². The highest BCUT2D eigenvalue weighted by molar-refractivity contribution is 5.27. The first-order chi connectivity index (χ1) is 8.62. The number of nitrogens with one attached hydrogen (secondary N) is 1. The van der Waals surface area contributed by atoms with E-state index in [1.807, 2.05) is 0 Å². The lowest BCUT2D eigenvalue weighted by Gasteiger charge is -2.25. The molecule has 3 nitrogen and oxygen atoms in total. The quantitative estimate of drug-likeness (QED) is 0.578. The van der Waals surface area contributed by atoms with E-state index < -0.39 is 0 Å². The summed E-state index contributed by atoms with van der Waals surface area (Å²) in [5.41, 5.74) is 5.43. The van der Waals surface area contributed by atoms with Gasteiger partial charge in [0.05, 0.1) is 12.1 Å². The molecule has 0 radical (unpaired) electrons. The van der Waals surface area contributed by atoms with Crippen molar-refractivity contribution in [2.75, 3.05) is 7.11 Å². The molecule has 0 bridgehead atoms. The SMILES string of the molecule is CCC(OC)C(NN)c1cccc(CC(C)C)c1. The number of nitrogens with two attached hydrogens (primary N) is 1. The van der Waals surface area contributed by atoms with Crippen molar-refractivity contribution in [3.8, 4) is 0 Å². The van der Waals surface area contributed by atoms with Gasteiger partial charge < -0.3 is 4.74 Å². The zero-order chi connectivity index (χ0) is 13.5. The van der Waals surface area contributed by atoms with Gasteiger partial charge in [-0.2, -0.15) is 0 Å². The minimum atomic E-state index is 0.0483. The lowest BCUT2D eigenvalue weighted by Crippen LogP contribution is -2.37. The Morgan fingerprint density at radius 1 is 1.33 bits per heavy atom. The molecule has 18 heavy (non-hydrogen) atoms. The number of hydrogen-bond donors (Lipinski definition) is 2. The molecule has 1 aromatic carbocycles. The van der Waals surface area contributed by atoms with Crippen LogP contribution < -0.4 is 11.3 Å². The highest BCUT2D eigenvalue weighted by Gasteiger charge is 2.20. The summed E-state index contributed by atoms with van der Waals surface area (Å²) in [5.74, 6) is 6.34. The van der Waals surface area contributed by atoms with Gasteiger partial charge in [-0.25, -0.2) is 0 Å². The first-order valence-corrected chi connectivity index (χ1v) is 6.70. The Bertz CT molecular complexity index is 348. The van der Waals surface area contributed by atoms with Gasteiger partial charge in [0, 0.05) is 7.11 Å². The average Bonchev–Trinajstić information content (AvgIpc) is 2.35. The predicted molar refractivity (Wildman–Crippen MR) is 76.1 cm³/mol. The van der Waals surface area contributed by atoms with E-state index in [9.17, 15) is 0 Å². The number of ether oxygens (including phenoxy) is 1. The summed E-state index contributed by atoms with van der Waals surface area (Å²) >= 11 is 0. The van der Waals surface area contributed by atoms with Crippen LogP contribution in [0.25, 0.3) is 0 Å². The fourth-order valence-electron chi connectivity index (χ4n) is 2.34. The molecule has 2 atom stereocenters. The molecule has 0 amide bonds. The largest absolute Gasteiger partial charge is 0.379 e. The molecule has 0 saturated heterocycles. The molecule has 2 unspecified atom stereocenters. The Morgan fingerprint density at radius 3 is 2.56 bits per heavy atom. The van der Waals surface area contributed by atoms with Gasteiger partial charge in [-0.3, -0.25) is 11.3 Å². The molecule has 102 valence electrons. The highest BCUT2D eigenvalue weighted by Crippen LogP contribution is 2.22. The number of hydrogen-bond acceptors (Lipinski definition) is 3. The maximum absolute atomic E-state index is 5.68. The summed E-state index contributed by atoms with van der Waals surface area (Å²) in [6.45, 7) is 6.57. The van der Waals surface area contributed by atoms with Crippen molar-refractivity contribution < 1.29 is 4.74 Å². The predicted octanol–water partition coefficient (Wildman–Crippen LogP) is 2.81. The lowest BCUT2D eigenvalue weighted by atomic mass is 9.95. The third kappa shape index (κ3) is 4.09. The molecule has 0 aliphatic heterocycles. The monoisotopic (exact) mass is 250 g/mol. The third-order valence-electron chi connectivity index (χ3n) is 3.21. The van der Waals surface area contributed by atoms with Crippen LogP contribution in [0.15, 0.2) is 24.3 Å². The minimum absolute atomic E-state index is 0.0483. The van der Waals surface area contributed by atoms with Crippen LogP contribution in [0.1, 0.15) is 44.4 Å². The summed E-state index contributed by atoms with van der Waals surface area (Å²) in [4.78, 5) is 0. The second-order valence-corrected chi connectivity index (χ2v) is 5.17. The first kappa shape index (κ1) is 15.2. The minimum Gasteiger partial charge on any atom is -0.379 e. The van der Waals surface area contributed by atoms with Crippen LogP contribution >= 0.6 is 0 Å². The van der Waals surface area contributed by atoms with Crippen molar-refractivity contribution in [3.05, 3.63) is 35.4 Å². The smallest absolute Gasteiger partial charge is 0.0776 e.